The van der Waals surface area contributed by atoms with E-state index in [9.17, 15) is 18.4 Å². The molecule has 1 amide bonds. The number of halogens is 2. The number of nitrogens with one attached hydrogen (secondary N) is 1. The third kappa shape index (κ3) is 4.79. The zero-order valence-electron chi connectivity index (χ0n) is 19.7. The van der Waals surface area contributed by atoms with Gasteiger partial charge in [0.15, 0.2) is 11.6 Å². The molecule has 0 aliphatic carbocycles. The van der Waals surface area contributed by atoms with Crippen molar-refractivity contribution in [1.82, 2.24) is 29.4 Å². The van der Waals surface area contributed by atoms with Gasteiger partial charge in [0.25, 0.3) is 11.5 Å². The minimum Gasteiger partial charge on any atom is -0.341 e. The van der Waals surface area contributed by atoms with E-state index in [2.05, 4.69) is 32.1 Å². The Labute approximate surface area is 209 Å². The molecule has 3 heterocycles. The molecule has 0 atom stereocenters. The third-order valence-electron chi connectivity index (χ3n) is 5.84. The lowest BCUT2D eigenvalue weighted by Crippen LogP contribution is -2.33. The molecule has 0 aliphatic rings. The number of carbonyl (C=O) groups is 1. The topological polar surface area (TPSA) is 94.7 Å². The van der Waals surface area contributed by atoms with E-state index in [1.54, 1.807) is 12.5 Å². The fourth-order valence-corrected chi connectivity index (χ4v) is 3.99. The lowest BCUT2D eigenvalue weighted by atomic mass is 10.1. The van der Waals surface area contributed by atoms with Crippen molar-refractivity contribution >= 4 is 27.8 Å². The van der Waals surface area contributed by atoms with E-state index in [-0.39, 0.29) is 18.7 Å². The molecule has 0 spiro atoms. The normalized spacial score (nSPS) is 10.9. The van der Waals surface area contributed by atoms with E-state index in [1.165, 1.54) is 12.4 Å². The molecular formula is C27H20F2N6O2. The van der Waals surface area contributed by atoms with Gasteiger partial charge in [-0.15, -0.1) is 0 Å². The number of aromatic nitrogens is 5. The Kier molecular flexibility index (Phi) is 6.43. The van der Waals surface area contributed by atoms with Crippen LogP contribution < -0.4 is 10.9 Å². The number of imidazole rings is 1. The number of rotatable bonds is 5. The fourth-order valence-electron chi connectivity index (χ4n) is 3.99. The number of fused-ring (bicyclic) bond motifs is 3. The van der Waals surface area contributed by atoms with Gasteiger partial charge < -0.3 is 9.88 Å². The summed E-state index contributed by atoms with van der Waals surface area (Å²) in [6.07, 6.45) is 5.92. The average Bonchev–Trinajstić information content (AvgIpc) is 3.33. The lowest BCUT2D eigenvalue weighted by molar-refractivity contribution is 0.0956. The van der Waals surface area contributed by atoms with Crippen LogP contribution >= 0.6 is 0 Å². The minimum absolute atomic E-state index is 0.00369. The second kappa shape index (κ2) is 9.99. The van der Waals surface area contributed by atoms with E-state index in [4.69, 9.17) is 0 Å². The zero-order chi connectivity index (χ0) is 25.9. The van der Waals surface area contributed by atoms with Crippen LogP contribution in [0.15, 0.2) is 66.2 Å². The van der Waals surface area contributed by atoms with Crippen LogP contribution in [0.5, 0.6) is 0 Å². The molecule has 37 heavy (non-hydrogen) atoms. The van der Waals surface area contributed by atoms with Gasteiger partial charge in [0.2, 0.25) is 0 Å². The number of carbonyl (C=O) groups excluding carboxylic acids is 1. The van der Waals surface area contributed by atoms with Crippen LogP contribution in [-0.2, 0) is 13.1 Å². The molecule has 0 aliphatic heterocycles. The van der Waals surface area contributed by atoms with E-state index in [0.29, 0.717) is 5.56 Å². The summed E-state index contributed by atoms with van der Waals surface area (Å²) in [6.45, 7) is 2.75. The Morgan fingerprint density at radius 1 is 1.00 bits per heavy atom. The average molecular weight is 498 g/mol. The highest BCUT2D eigenvalue weighted by atomic mass is 19.2. The molecule has 184 valence electrons. The van der Waals surface area contributed by atoms with Crippen molar-refractivity contribution < 1.29 is 13.6 Å². The number of benzene rings is 2. The smallest absolute Gasteiger partial charge is 0.266 e. The first-order valence-corrected chi connectivity index (χ1v) is 11.4. The summed E-state index contributed by atoms with van der Waals surface area (Å²) >= 11 is 0. The van der Waals surface area contributed by atoms with Gasteiger partial charge in [-0.1, -0.05) is 17.9 Å². The van der Waals surface area contributed by atoms with Crippen molar-refractivity contribution in [1.29, 1.82) is 0 Å². The SMILES string of the molecule is CCn1cnc2cnc3ccc(C#CCNC(=O)c4cncn(Cc5ccc(F)c(F)c5)c4=O)cc3c21. The highest BCUT2D eigenvalue weighted by Crippen LogP contribution is 2.23. The van der Waals surface area contributed by atoms with Crippen LogP contribution in [0.2, 0.25) is 0 Å². The quantitative estimate of drug-likeness (QED) is 0.376. The number of nitrogens with zero attached hydrogens (tertiary/aromatic N) is 5. The summed E-state index contributed by atoms with van der Waals surface area (Å²) in [5.41, 5.74) is 2.94. The van der Waals surface area contributed by atoms with E-state index >= 15 is 0 Å². The second-order valence-corrected chi connectivity index (χ2v) is 8.23. The number of hydrogen-bond acceptors (Lipinski definition) is 5. The van der Waals surface area contributed by atoms with Crippen molar-refractivity contribution in [3.05, 3.63) is 100 Å². The van der Waals surface area contributed by atoms with Crippen molar-refractivity contribution in [2.75, 3.05) is 6.54 Å². The van der Waals surface area contributed by atoms with Gasteiger partial charge in [0, 0.05) is 23.7 Å². The van der Waals surface area contributed by atoms with Gasteiger partial charge >= 0.3 is 0 Å². The van der Waals surface area contributed by atoms with Crippen molar-refractivity contribution in [2.24, 2.45) is 0 Å². The van der Waals surface area contributed by atoms with Gasteiger partial charge in [0.1, 0.15) is 11.1 Å². The Hall–Kier alpha value is -4.91. The maximum absolute atomic E-state index is 13.5. The molecule has 5 rings (SSSR count). The Morgan fingerprint density at radius 3 is 2.68 bits per heavy atom. The standard InChI is InChI=1S/C27H20F2N6O2/c1-2-34-16-33-24-13-32-23-8-6-17(10-19(23)25(24)34)4-3-9-31-26(36)20-12-30-15-35(27(20)37)14-18-5-7-21(28)22(29)11-18/h5-8,10-13,15-16H,2,9,14H2,1H3,(H,31,36). The van der Waals surface area contributed by atoms with Crippen LogP contribution in [0.3, 0.4) is 0 Å². The van der Waals surface area contributed by atoms with Crippen LogP contribution in [-0.4, -0.2) is 36.5 Å². The molecule has 2 aromatic carbocycles. The molecule has 0 unspecified atom stereocenters. The van der Waals surface area contributed by atoms with Crippen molar-refractivity contribution in [3.8, 4) is 11.8 Å². The van der Waals surface area contributed by atoms with Crippen LogP contribution in [0.1, 0.15) is 28.4 Å². The number of pyridine rings is 1. The predicted molar refractivity (Wildman–Crippen MR) is 134 cm³/mol. The summed E-state index contributed by atoms with van der Waals surface area (Å²) in [4.78, 5) is 38.1. The maximum Gasteiger partial charge on any atom is 0.266 e. The van der Waals surface area contributed by atoms with E-state index in [1.807, 2.05) is 29.7 Å². The summed E-state index contributed by atoms with van der Waals surface area (Å²) in [5, 5.41) is 3.53. The first-order valence-electron chi connectivity index (χ1n) is 11.4. The number of hydrogen-bond donors (Lipinski definition) is 1. The predicted octanol–water partition coefficient (Wildman–Crippen LogP) is 3.27. The van der Waals surface area contributed by atoms with Gasteiger partial charge in [-0.25, -0.2) is 18.7 Å². The highest BCUT2D eigenvalue weighted by molar-refractivity contribution is 6.02. The van der Waals surface area contributed by atoms with Gasteiger partial charge in [-0.2, -0.15) is 0 Å². The highest BCUT2D eigenvalue weighted by Gasteiger charge is 2.13. The Morgan fingerprint density at radius 2 is 1.86 bits per heavy atom. The minimum atomic E-state index is -1.02. The van der Waals surface area contributed by atoms with E-state index < -0.39 is 23.1 Å². The first-order chi connectivity index (χ1) is 17.9. The first kappa shape index (κ1) is 23.8. The molecule has 0 saturated carbocycles. The molecule has 5 aromatic rings. The second-order valence-electron chi connectivity index (χ2n) is 8.23. The molecule has 0 bridgehead atoms. The Balaban J connectivity index is 1.30. The molecule has 10 heteroatoms. The summed E-state index contributed by atoms with van der Waals surface area (Å²) in [6, 6.07) is 9.00. The maximum atomic E-state index is 13.5. The lowest BCUT2D eigenvalue weighted by Gasteiger charge is -2.08. The Bertz CT molecular complexity index is 1780. The van der Waals surface area contributed by atoms with Crippen LogP contribution in [0.25, 0.3) is 21.9 Å². The van der Waals surface area contributed by atoms with Gasteiger partial charge in [-0.3, -0.25) is 19.1 Å². The molecule has 0 saturated heterocycles. The molecule has 0 fully saturated rings. The molecule has 1 N–H and O–H groups in total. The zero-order valence-corrected chi connectivity index (χ0v) is 19.7. The third-order valence-corrected chi connectivity index (χ3v) is 5.84. The van der Waals surface area contributed by atoms with Crippen LogP contribution in [0, 0.1) is 23.5 Å². The largest absolute Gasteiger partial charge is 0.341 e. The fraction of sp³-hybridized carbons (Fsp3) is 0.148. The summed E-state index contributed by atoms with van der Waals surface area (Å²) in [5.74, 6) is 3.27. The van der Waals surface area contributed by atoms with E-state index in [0.717, 1.165) is 56.9 Å². The summed E-state index contributed by atoms with van der Waals surface area (Å²) in [7, 11) is 0. The molecular weight excluding hydrogens is 478 g/mol. The monoisotopic (exact) mass is 498 g/mol. The number of aryl methyl sites for hydroxylation is 1. The number of amides is 1. The molecule has 0 radical (unpaired) electrons. The van der Waals surface area contributed by atoms with Crippen LogP contribution in [0.4, 0.5) is 8.78 Å². The van der Waals surface area contributed by atoms with Crippen molar-refractivity contribution in [2.45, 2.75) is 20.0 Å². The molecule has 3 aromatic heterocycles. The molecule has 8 nitrogen and oxygen atoms in total. The van der Waals surface area contributed by atoms with Crippen molar-refractivity contribution in [3.63, 3.8) is 0 Å². The van der Waals surface area contributed by atoms with Gasteiger partial charge in [-0.05, 0) is 42.8 Å². The van der Waals surface area contributed by atoms with Gasteiger partial charge in [0.05, 0.1) is 43.0 Å². The summed E-state index contributed by atoms with van der Waals surface area (Å²) < 4.78 is 29.9.